The van der Waals surface area contributed by atoms with Crippen LogP contribution >= 0.6 is 24.0 Å². The lowest BCUT2D eigenvalue weighted by molar-refractivity contribution is -0.122. The minimum Gasteiger partial charge on any atom is -0.382 e. The normalized spacial score (nSPS) is 14.9. The van der Waals surface area contributed by atoms with Crippen molar-refractivity contribution in [3.63, 3.8) is 0 Å². The molecule has 1 saturated heterocycles. The van der Waals surface area contributed by atoms with Crippen molar-refractivity contribution in [3.05, 3.63) is 80.6 Å². The van der Waals surface area contributed by atoms with Crippen LogP contribution in [0.15, 0.2) is 58.4 Å². The van der Waals surface area contributed by atoms with E-state index in [9.17, 15) is 9.59 Å². The number of thioether (sulfide) groups is 1. The molecule has 9 heteroatoms. The van der Waals surface area contributed by atoms with E-state index in [0.717, 1.165) is 17.5 Å². The zero-order chi connectivity index (χ0) is 24.8. The molecule has 4 rings (SSSR count). The van der Waals surface area contributed by atoms with Gasteiger partial charge in [-0.15, -0.1) is 0 Å². The van der Waals surface area contributed by atoms with Gasteiger partial charge in [-0.05, 0) is 50.0 Å². The number of carbonyl (C=O) groups is 1. The summed E-state index contributed by atoms with van der Waals surface area (Å²) < 4.78 is 7.42. The summed E-state index contributed by atoms with van der Waals surface area (Å²) in [5.74, 6) is 0.266. The van der Waals surface area contributed by atoms with Crippen molar-refractivity contribution in [3.8, 4) is 0 Å². The van der Waals surface area contributed by atoms with Crippen molar-refractivity contribution in [1.82, 2.24) is 14.3 Å². The van der Waals surface area contributed by atoms with Crippen LogP contribution in [0.4, 0.5) is 5.82 Å². The third kappa shape index (κ3) is 5.80. The topological polar surface area (TPSA) is 75.9 Å². The Morgan fingerprint density at radius 3 is 2.74 bits per heavy atom. The van der Waals surface area contributed by atoms with Crippen molar-refractivity contribution in [2.24, 2.45) is 0 Å². The van der Waals surface area contributed by atoms with Crippen molar-refractivity contribution in [2.75, 3.05) is 31.6 Å². The number of nitrogens with zero attached hydrogens (tertiary/aromatic N) is 3. The third-order valence-corrected chi connectivity index (χ3v) is 7.04. The van der Waals surface area contributed by atoms with Gasteiger partial charge in [0.2, 0.25) is 0 Å². The molecule has 1 amide bonds. The van der Waals surface area contributed by atoms with E-state index in [0.29, 0.717) is 59.0 Å². The molecule has 1 aliphatic rings. The molecule has 1 aliphatic heterocycles. The average Bonchev–Trinajstić information content (AvgIpc) is 3.13. The van der Waals surface area contributed by atoms with Gasteiger partial charge in [-0.25, -0.2) is 4.98 Å². The van der Waals surface area contributed by atoms with E-state index < -0.39 is 0 Å². The van der Waals surface area contributed by atoms with Crippen LogP contribution in [0, 0.1) is 6.92 Å². The summed E-state index contributed by atoms with van der Waals surface area (Å²) >= 11 is 6.71. The van der Waals surface area contributed by atoms with E-state index in [1.54, 1.807) is 17.2 Å². The molecule has 0 aliphatic carbocycles. The Kier molecular flexibility index (Phi) is 8.33. The highest BCUT2D eigenvalue weighted by molar-refractivity contribution is 8.26. The summed E-state index contributed by atoms with van der Waals surface area (Å²) in [6.45, 7) is 6.22. The van der Waals surface area contributed by atoms with E-state index in [1.165, 1.54) is 16.2 Å². The summed E-state index contributed by atoms with van der Waals surface area (Å²) in [4.78, 5) is 33.4. The van der Waals surface area contributed by atoms with Crippen molar-refractivity contribution in [2.45, 2.75) is 26.7 Å². The Hall–Kier alpha value is -3.01. The van der Waals surface area contributed by atoms with Crippen LogP contribution in [0.1, 0.15) is 30.0 Å². The standard InChI is InChI=1S/C26H28N4O3S2/c1-3-33-16-8-13-27-22-20(24(31)29-14-7-9-18(2)23(29)28-22)17-21-25(32)30(26(34)35-21)15-12-19-10-5-4-6-11-19/h4-7,9-11,14,17,27H,3,8,12-13,15-16H2,1-2H3. The van der Waals surface area contributed by atoms with E-state index in [-0.39, 0.29) is 11.5 Å². The number of ether oxygens (including phenoxy) is 1. The third-order valence-electron chi connectivity index (χ3n) is 5.66. The van der Waals surface area contributed by atoms with Gasteiger partial charge in [0.1, 0.15) is 15.8 Å². The quantitative estimate of drug-likeness (QED) is 0.249. The van der Waals surface area contributed by atoms with E-state index >= 15 is 0 Å². The average molecular weight is 509 g/mol. The molecule has 182 valence electrons. The molecule has 1 fully saturated rings. The zero-order valence-corrected chi connectivity index (χ0v) is 21.5. The first-order chi connectivity index (χ1) is 17.0. The van der Waals surface area contributed by atoms with E-state index in [4.69, 9.17) is 21.9 Å². The Bertz CT molecular complexity index is 1320. The minimum absolute atomic E-state index is 0.188. The number of fused-ring (bicyclic) bond motifs is 1. The van der Waals surface area contributed by atoms with Crippen LogP contribution < -0.4 is 10.9 Å². The van der Waals surface area contributed by atoms with Crippen LogP contribution in [0.2, 0.25) is 0 Å². The Morgan fingerprint density at radius 1 is 1.17 bits per heavy atom. The van der Waals surface area contributed by atoms with Gasteiger partial charge < -0.3 is 10.1 Å². The largest absolute Gasteiger partial charge is 0.382 e. The Morgan fingerprint density at radius 2 is 1.97 bits per heavy atom. The molecule has 0 saturated carbocycles. The van der Waals surface area contributed by atoms with Gasteiger partial charge in [0.05, 0.1) is 10.5 Å². The van der Waals surface area contributed by atoms with Gasteiger partial charge in [0.25, 0.3) is 11.5 Å². The SMILES string of the molecule is CCOCCCNc1nc2c(C)cccn2c(=O)c1C=C1SC(=S)N(CCc2ccccc2)C1=O. The fourth-order valence-corrected chi connectivity index (χ4v) is 5.10. The molecule has 1 aromatic carbocycles. The summed E-state index contributed by atoms with van der Waals surface area (Å²) in [6.07, 6.45) is 4.78. The highest BCUT2D eigenvalue weighted by atomic mass is 32.2. The number of anilines is 1. The number of aromatic nitrogens is 2. The summed E-state index contributed by atoms with van der Waals surface area (Å²) in [5, 5.41) is 3.27. The molecule has 0 bridgehead atoms. The van der Waals surface area contributed by atoms with Gasteiger partial charge >= 0.3 is 0 Å². The molecule has 0 atom stereocenters. The lowest BCUT2D eigenvalue weighted by atomic mass is 10.1. The molecule has 35 heavy (non-hydrogen) atoms. The summed E-state index contributed by atoms with van der Waals surface area (Å²) in [7, 11) is 0. The number of pyridine rings is 1. The maximum absolute atomic E-state index is 13.5. The molecule has 7 nitrogen and oxygen atoms in total. The number of amides is 1. The monoisotopic (exact) mass is 508 g/mol. The molecule has 0 radical (unpaired) electrons. The molecular weight excluding hydrogens is 480 g/mol. The second-order valence-electron chi connectivity index (χ2n) is 8.11. The first-order valence-corrected chi connectivity index (χ1v) is 12.8. The number of rotatable bonds is 10. The summed E-state index contributed by atoms with van der Waals surface area (Å²) in [6, 6.07) is 13.7. The van der Waals surface area contributed by atoms with Gasteiger partial charge in [0, 0.05) is 32.5 Å². The first-order valence-electron chi connectivity index (χ1n) is 11.6. The fraction of sp³-hybridized carbons (Fsp3) is 0.308. The number of nitrogens with one attached hydrogen (secondary N) is 1. The number of aryl methyl sites for hydroxylation is 1. The Balaban J connectivity index is 1.63. The highest BCUT2D eigenvalue weighted by Gasteiger charge is 2.32. The lowest BCUT2D eigenvalue weighted by Gasteiger charge is -2.14. The molecular formula is C26H28N4O3S2. The lowest BCUT2D eigenvalue weighted by Crippen LogP contribution is -2.30. The van der Waals surface area contributed by atoms with Crippen LogP contribution in [-0.4, -0.2) is 50.8 Å². The molecule has 2 aromatic heterocycles. The molecule has 3 aromatic rings. The van der Waals surface area contributed by atoms with Crippen molar-refractivity contribution >= 4 is 51.7 Å². The van der Waals surface area contributed by atoms with Gasteiger partial charge in [-0.2, -0.15) is 0 Å². The predicted octanol–water partition coefficient (Wildman–Crippen LogP) is 4.29. The van der Waals surface area contributed by atoms with Crippen LogP contribution in [0.25, 0.3) is 11.7 Å². The van der Waals surface area contributed by atoms with Crippen LogP contribution in [-0.2, 0) is 16.0 Å². The maximum atomic E-state index is 13.5. The fourth-order valence-electron chi connectivity index (χ4n) is 3.81. The van der Waals surface area contributed by atoms with Crippen molar-refractivity contribution < 1.29 is 9.53 Å². The highest BCUT2D eigenvalue weighted by Crippen LogP contribution is 2.33. The predicted molar refractivity (Wildman–Crippen MR) is 146 cm³/mol. The molecule has 1 N–H and O–H groups in total. The number of thiocarbonyl (C=S) groups is 1. The van der Waals surface area contributed by atoms with Gasteiger partial charge in [-0.1, -0.05) is 60.4 Å². The van der Waals surface area contributed by atoms with Crippen LogP contribution in [0.5, 0.6) is 0 Å². The number of hydrogen-bond donors (Lipinski definition) is 1. The van der Waals surface area contributed by atoms with E-state index in [2.05, 4.69) is 5.32 Å². The van der Waals surface area contributed by atoms with Crippen molar-refractivity contribution in [1.29, 1.82) is 0 Å². The Labute approximate surface area is 214 Å². The van der Waals surface area contributed by atoms with Gasteiger partial charge in [-0.3, -0.25) is 18.9 Å². The van der Waals surface area contributed by atoms with Gasteiger partial charge in [0.15, 0.2) is 0 Å². The second kappa shape index (κ2) is 11.6. The smallest absolute Gasteiger partial charge is 0.267 e. The molecule has 0 spiro atoms. The second-order valence-corrected chi connectivity index (χ2v) is 9.79. The van der Waals surface area contributed by atoms with Crippen LogP contribution in [0.3, 0.4) is 0 Å². The first kappa shape index (κ1) is 25.1. The minimum atomic E-state index is -0.236. The number of benzene rings is 1. The molecule has 3 heterocycles. The number of hydrogen-bond acceptors (Lipinski definition) is 7. The summed E-state index contributed by atoms with van der Waals surface area (Å²) in [5.41, 5.74) is 2.71. The zero-order valence-electron chi connectivity index (χ0n) is 19.8. The molecule has 0 unspecified atom stereocenters. The number of carbonyl (C=O) groups excluding carboxylic acids is 1. The maximum Gasteiger partial charge on any atom is 0.267 e. The van der Waals surface area contributed by atoms with E-state index in [1.807, 2.05) is 56.3 Å².